The molecule has 0 aliphatic rings. The number of hydrogen-bond donors (Lipinski definition) is 1. The van der Waals surface area contributed by atoms with E-state index in [2.05, 4.69) is 16.3 Å². The number of hydrogen-bond acceptors (Lipinski definition) is 6. The number of nitrogens with zero attached hydrogens (tertiary/aromatic N) is 2. The van der Waals surface area contributed by atoms with Gasteiger partial charge in [-0.3, -0.25) is 10.2 Å². The van der Waals surface area contributed by atoms with Gasteiger partial charge in [0, 0.05) is 36.3 Å². The Balaban J connectivity index is 1.82. The van der Waals surface area contributed by atoms with Gasteiger partial charge in [0.1, 0.15) is 5.58 Å². The van der Waals surface area contributed by atoms with E-state index in [-0.39, 0.29) is 6.61 Å². The lowest BCUT2D eigenvalue weighted by atomic mass is 10.1. The van der Waals surface area contributed by atoms with Crippen LogP contribution in [0.15, 0.2) is 57.7 Å². The second kappa shape index (κ2) is 9.04. The molecule has 7 heteroatoms. The minimum Gasteiger partial charge on any atom is -0.450 e. The number of ether oxygens (including phenoxy) is 1. The van der Waals surface area contributed by atoms with Crippen molar-refractivity contribution in [1.29, 1.82) is 5.26 Å². The van der Waals surface area contributed by atoms with Crippen molar-refractivity contribution in [2.45, 2.75) is 20.0 Å². The number of nitriles is 1. The zero-order valence-corrected chi connectivity index (χ0v) is 16.3. The number of benzene rings is 2. The highest BCUT2D eigenvalue weighted by Crippen LogP contribution is 2.23. The van der Waals surface area contributed by atoms with Gasteiger partial charge in [0.15, 0.2) is 0 Å². The van der Waals surface area contributed by atoms with Crippen molar-refractivity contribution in [3.05, 3.63) is 75.6 Å². The highest BCUT2D eigenvalue weighted by molar-refractivity contribution is 5.89. The molecule has 0 unspecified atom stereocenters. The molecular formula is C22H21N3O4. The summed E-state index contributed by atoms with van der Waals surface area (Å²) in [6, 6.07) is 16.2. The molecule has 0 radical (unpaired) electrons. The minimum absolute atomic E-state index is 0.266. The average Bonchev–Trinajstić information content (AvgIpc) is 2.67. The first-order valence-corrected chi connectivity index (χ1v) is 9.16. The van der Waals surface area contributed by atoms with Gasteiger partial charge < -0.3 is 9.15 Å². The lowest BCUT2D eigenvalue weighted by molar-refractivity contribution is 0.168. The molecule has 0 saturated heterocycles. The molecule has 0 fully saturated rings. The van der Waals surface area contributed by atoms with E-state index >= 15 is 0 Å². The molecule has 1 heterocycles. The minimum atomic E-state index is -0.565. The zero-order valence-electron chi connectivity index (χ0n) is 16.3. The van der Waals surface area contributed by atoms with Crippen molar-refractivity contribution in [3.8, 4) is 6.07 Å². The summed E-state index contributed by atoms with van der Waals surface area (Å²) in [5, 5.41) is 12.4. The molecule has 0 aliphatic carbocycles. The summed E-state index contributed by atoms with van der Waals surface area (Å²) in [5.74, 6) is 0. The van der Waals surface area contributed by atoms with Crippen molar-refractivity contribution in [3.63, 3.8) is 0 Å². The maximum Gasteiger partial charge on any atom is 0.411 e. The maximum atomic E-state index is 12.0. The van der Waals surface area contributed by atoms with Crippen LogP contribution in [0, 0.1) is 11.3 Å². The average molecular weight is 391 g/mol. The number of rotatable bonds is 6. The predicted molar refractivity (Wildman–Crippen MR) is 109 cm³/mol. The molecule has 0 spiro atoms. The molecule has 2 aromatic carbocycles. The highest BCUT2D eigenvalue weighted by Gasteiger charge is 2.11. The monoisotopic (exact) mass is 391 g/mol. The number of fused-ring (bicyclic) bond motifs is 1. The van der Waals surface area contributed by atoms with Gasteiger partial charge in [-0.05, 0) is 49.4 Å². The molecule has 0 bridgehead atoms. The van der Waals surface area contributed by atoms with Crippen LogP contribution in [-0.2, 0) is 17.8 Å². The summed E-state index contributed by atoms with van der Waals surface area (Å²) >= 11 is 0. The first-order chi connectivity index (χ1) is 14.0. The second-order valence-electron chi connectivity index (χ2n) is 6.63. The molecule has 1 aromatic heterocycles. The van der Waals surface area contributed by atoms with Crippen LogP contribution in [0.3, 0.4) is 0 Å². The summed E-state index contributed by atoms with van der Waals surface area (Å²) in [5.41, 5.74) is 2.86. The van der Waals surface area contributed by atoms with Gasteiger partial charge in [-0.15, -0.1) is 0 Å². The van der Waals surface area contributed by atoms with Crippen molar-refractivity contribution >= 4 is 22.7 Å². The number of carbonyl (C=O) groups is 1. The number of nitrogens with one attached hydrogen (secondary N) is 1. The number of amides is 1. The molecule has 1 N–H and O–H groups in total. The number of anilines is 1. The Kier molecular flexibility index (Phi) is 6.27. The Morgan fingerprint density at radius 2 is 2.03 bits per heavy atom. The molecule has 3 aromatic rings. The maximum absolute atomic E-state index is 12.0. The Morgan fingerprint density at radius 3 is 2.79 bits per heavy atom. The smallest absolute Gasteiger partial charge is 0.411 e. The van der Waals surface area contributed by atoms with Crippen molar-refractivity contribution in [2.75, 3.05) is 19.0 Å². The fourth-order valence-corrected chi connectivity index (χ4v) is 3.12. The van der Waals surface area contributed by atoms with Gasteiger partial charge in [-0.2, -0.15) is 5.26 Å². The van der Waals surface area contributed by atoms with Crippen LogP contribution in [0.5, 0.6) is 0 Å². The molecule has 1 amide bonds. The molecule has 0 aliphatic heterocycles. The molecule has 0 atom stereocenters. The fourth-order valence-electron chi connectivity index (χ4n) is 3.12. The third-order valence-electron chi connectivity index (χ3n) is 4.30. The lowest BCUT2D eigenvalue weighted by Gasteiger charge is -2.18. The Hall–Kier alpha value is -3.63. The van der Waals surface area contributed by atoms with E-state index in [1.165, 1.54) is 6.07 Å². The lowest BCUT2D eigenvalue weighted by Crippen LogP contribution is -2.18. The third kappa shape index (κ3) is 5.21. The molecule has 29 heavy (non-hydrogen) atoms. The zero-order chi connectivity index (χ0) is 20.8. The summed E-state index contributed by atoms with van der Waals surface area (Å²) in [4.78, 5) is 25.7. The van der Waals surface area contributed by atoms with Crippen molar-refractivity contribution < 1.29 is 13.9 Å². The van der Waals surface area contributed by atoms with Gasteiger partial charge in [0.05, 0.1) is 18.2 Å². The molecule has 0 saturated carbocycles. The van der Waals surface area contributed by atoms with E-state index in [9.17, 15) is 9.59 Å². The van der Waals surface area contributed by atoms with Crippen LogP contribution in [0.4, 0.5) is 10.5 Å². The molecule has 148 valence electrons. The first-order valence-electron chi connectivity index (χ1n) is 9.16. The quantitative estimate of drug-likeness (QED) is 0.641. The standard InChI is InChI=1S/C22H21N3O4/c1-3-28-22(27)24-18-7-8-19-17(10-21(26)29-20(19)11-18)14-25(2)13-16-6-4-5-15(9-16)12-23/h4-11H,3,13-14H2,1-2H3,(H,24,27). The fraction of sp³-hybridized carbons (Fsp3) is 0.227. The second-order valence-corrected chi connectivity index (χ2v) is 6.63. The predicted octanol–water partition coefficient (Wildman–Crippen LogP) is 3.87. The molecule has 7 nitrogen and oxygen atoms in total. The summed E-state index contributed by atoms with van der Waals surface area (Å²) < 4.78 is 10.2. The van der Waals surface area contributed by atoms with Gasteiger partial charge in [-0.25, -0.2) is 9.59 Å². The van der Waals surface area contributed by atoms with Gasteiger partial charge in [0.25, 0.3) is 0 Å². The van der Waals surface area contributed by atoms with E-state index in [4.69, 9.17) is 14.4 Å². The van der Waals surface area contributed by atoms with E-state index in [0.717, 1.165) is 16.5 Å². The summed E-state index contributed by atoms with van der Waals surface area (Å²) in [6.07, 6.45) is -0.565. The molecular weight excluding hydrogens is 370 g/mol. The third-order valence-corrected chi connectivity index (χ3v) is 4.30. The van der Waals surface area contributed by atoms with Crippen LogP contribution >= 0.6 is 0 Å². The van der Waals surface area contributed by atoms with Gasteiger partial charge >= 0.3 is 11.7 Å². The first kappa shape index (κ1) is 20.1. The Labute approximate surface area is 168 Å². The Morgan fingerprint density at radius 1 is 1.21 bits per heavy atom. The largest absolute Gasteiger partial charge is 0.450 e. The topological polar surface area (TPSA) is 95.6 Å². The number of carbonyl (C=O) groups excluding carboxylic acids is 1. The van der Waals surface area contributed by atoms with Crippen LogP contribution in [0.2, 0.25) is 0 Å². The summed E-state index contributed by atoms with van der Waals surface area (Å²) in [7, 11) is 1.94. The van der Waals surface area contributed by atoms with E-state index in [1.54, 1.807) is 31.2 Å². The highest BCUT2D eigenvalue weighted by atomic mass is 16.5. The molecule has 3 rings (SSSR count). The summed E-state index contributed by atoms with van der Waals surface area (Å²) in [6.45, 7) is 3.13. The van der Waals surface area contributed by atoms with Gasteiger partial charge in [-0.1, -0.05) is 12.1 Å². The van der Waals surface area contributed by atoms with Crippen LogP contribution in [0.25, 0.3) is 11.0 Å². The van der Waals surface area contributed by atoms with Gasteiger partial charge in [0.2, 0.25) is 0 Å². The van der Waals surface area contributed by atoms with Crippen molar-refractivity contribution in [2.24, 2.45) is 0 Å². The van der Waals surface area contributed by atoms with E-state index < -0.39 is 11.7 Å². The van der Waals surface area contributed by atoms with Crippen molar-refractivity contribution in [1.82, 2.24) is 4.90 Å². The van der Waals surface area contributed by atoms with E-state index in [1.807, 2.05) is 25.2 Å². The van der Waals surface area contributed by atoms with Crippen LogP contribution in [0.1, 0.15) is 23.6 Å². The van der Waals surface area contributed by atoms with Crippen LogP contribution in [-0.4, -0.2) is 24.6 Å². The van der Waals surface area contributed by atoms with E-state index in [0.29, 0.717) is 29.9 Å². The van der Waals surface area contributed by atoms with Crippen LogP contribution < -0.4 is 10.9 Å². The normalized spacial score (nSPS) is 10.7. The SMILES string of the molecule is CCOC(=O)Nc1ccc2c(CN(C)Cc3cccc(C#N)c3)cc(=O)oc2c1. The Bertz CT molecular complexity index is 1130.